The first-order valence-electron chi connectivity index (χ1n) is 5.29. The van der Waals surface area contributed by atoms with Crippen LogP contribution in [-0.2, 0) is 0 Å². The SMILES string of the molecule is COc1cccc(Sc2cc(Cl)ccc2C=O)c1. The van der Waals surface area contributed by atoms with Crippen molar-refractivity contribution in [3.05, 3.63) is 53.1 Å². The predicted octanol–water partition coefficient (Wildman–Crippen LogP) is 4.31. The summed E-state index contributed by atoms with van der Waals surface area (Å²) in [6.07, 6.45) is 0.832. The van der Waals surface area contributed by atoms with Crippen LogP contribution in [0.1, 0.15) is 10.4 Å². The summed E-state index contributed by atoms with van der Waals surface area (Å²) < 4.78 is 5.16. The van der Waals surface area contributed by atoms with Gasteiger partial charge in [0.05, 0.1) is 7.11 Å². The Morgan fingerprint density at radius 1 is 1.22 bits per heavy atom. The molecule has 0 aliphatic heterocycles. The highest BCUT2D eigenvalue weighted by Gasteiger charge is 2.05. The molecule has 2 nitrogen and oxygen atoms in total. The molecule has 0 aliphatic carbocycles. The summed E-state index contributed by atoms with van der Waals surface area (Å²) in [6, 6.07) is 12.9. The molecule has 2 aromatic carbocycles. The van der Waals surface area contributed by atoms with Gasteiger partial charge in [-0.3, -0.25) is 4.79 Å². The van der Waals surface area contributed by atoms with Crippen LogP contribution in [0.5, 0.6) is 5.75 Å². The monoisotopic (exact) mass is 278 g/mol. The zero-order valence-corrected chi connectivity index (χ0v) is 11.3. The van der Waals surface area contributed by atoms with E-state index in [-0.39, 0.29) is 0 Å². The second-order valence-electron chi connectivity index (χ2n) is 3.58. The lowest BCUT2D eigenvalue weighted by Gasteiger charge is -2.06. The lowest BCUT2D eigenvalue weighted by Crippen LogP contribution is -1.86. The van der Waals surface area contributed by atoms with Crippen LogP contribution in [0.15, 0.2) is 52.3 Å². The Balaban J connectivity index is 2.32. The van der Waals surface area contributed by atoms with Gasteiger partial charge in [-0.15, -0.1) is 0 Å². The van der Waals surface area contributed by atoms with E-state index in [1.807, 2.05) is 24.3 Å². The van der Waals surface area contributed by atoms with Crippen molar-refractivity contribution in [1.82, 2.24) is 0 Å². The van der Waals surface area contributed by atoms with E-state index in [1.54, 1.807) is 25.3 Å². The summed E-state index contributed by atoms with van der Waals surface area (Å²) in [7, 11) is 1.63. The first-order chi connectivity index (χ1) is 8.72. The van der Waals surface area contributed by atoms with E-state index in [2.05, 4.69) is 0 Å². The maximum atomic E-state index is 11.0. The van der Waals surface area contributed by atoms with Crippen molar-refractivity contribution in [3.8, 4) is 5.75 Å². The molecule has 2 aromatic rings. The molecule has 0 radical (unpaired) electrons. The number of aldehydes is 1. The smallest absolute Gasteiger partial charge is 0.151 e. The third-order valence-corrected chi connectivity index (χ3v) is 3.67. The molecule has 0 saturated carbocycles. The molecule has 0 saturated heterocycles. The number of hydrogen-bond acceptors (Lipinski definition) is 3. The van der Waals surface area contributed by atoms with Gasteiger partial charge in [-0.1, -0.05) is 29.4 Å². The standard InChI is InChI=1S/C14H11ClO2S/c1-17-12-3-2-4-13(8-12)18-14-7-11(15)6-5-10(14)9-16/h2-9H,1H3. The molecule has 0 aliphatic rings. The third kappa shape index (κ3) is 3.06. The first kappa shape index (κ1) is 13.0. The summed E-state index contributed by atoms with van der Waals surface area (Å²) in [4.78, 5) is 12.8. The molecule has 0 N–H and O–H groups in total. The molecule has 0 spiro atoms. The highest BCUT2D eigenvalue weighted by molar-refractivity contribution is 7.99. The Kier molecular flexibility index (Phi) is 4.28. The van der Waals surface area contributed by atoms with Crippen LogP contribution in [0.4, 0.5) is 0 Å². The van der Waals surface area contributed by atoms with Crippen LogP contribution in [-0.4, -0.2) is 13.4 Å². The molecule has 0 fully saturated rings. The zero-order valence-electron chi connectivity index (χ0n) is 9.72. The van der Waals surface area contributed by atoms with E-state index in [0.717, 1.165) is 21.8 Å². The maximum Gasteiger partial charge on any atom is 0.151 e. The van der Waals surface area contributed by atoms with Crippen molar-refractivity contribution in [1.29, 1.82) is 0 Å². The van der Waals surface area contributed by atoms with Gasteiger partial charge in [0.25, 0.3) is 0 Å². The second kappa shape index (κ2) is 5.94. The summed E-state index contributed by atoms with van der Waals surface area (Å²) in [5, 5.41) is 0.617. The van der Waals surface area contributed by atoms with E-state index in [9.17, 15) is 4.79 Å². The molecule has 92 valence electrons. The van der Waals surface area contributed by atoms with E-state index in [1.165, 1.54) is 11.8 Å². The van der Waals surface area contributed by atoms with Gasteiger partial charge in [-0.05, 0) is 36.4 Å². The number of methoxy groups -OCH3 is 1. The van der Waals surface area contributed by atoms with Crippen LogP contribution in [0, 0.1) is 0 Å². The maximum absolute atomic E-state index is 11.0. The van der Waals surface area contributed by atoms with Gasteiger partial charge in [-0.25, -0.2) is 0 Å². The van der Waals surface area contributed by atoms with Crippen LogP contribution in [0.3, 0.4) is 0 Å². The van der Waals surface area contributed by atoms with Gasteiger partial charge < -0.3 is 4.74 Å². The highest BCUT2D eigenvalue weighted by Crippen LogP contribution is 2.33. The molecule has 0 bridgehead atoms. The molecular weight excluding hydrogens is 268 g/mol. The summed E-state index contributed by atoms with van der Waals surface area (Å²) >= 11 is 7.43. The Labute approximate surface area is 115 Å². The van der Waals surface area contributed by atoms with Gasteiger partial charge in [0.2, 0.25) is 0 Å². The Morgan fingerprint density at radius 3 is 2.78 bits per heavy atom. The number of benzene rings is 2. The summed E-state index contributed by atoms with van der Waals surface area (Å²) in [6.45, 7) is 0. The van der Waals surface area contributed by atoms with E-state index < -0.39 is 0 Å². The minimum atomic E-state index is 0.617. The third-order valence-electron chi connectivity index (χ3n) is 2.37. The fourth-order valence-electron chi connectivity index (χ4n) is 1.49. The summed E-state index contributed by atoms with van der Waals surface area (Å²) in [5.41, 5.74) is 0.632. The molecule has 0 aromatic heterocycles. The normalized spacial score (nSPS) is 10.1. The number of halogens is 1. The van der Waals surface area contributed by atoms with Gasteiger partial charge in [-0.2, -0.15) is 0 Å². The second-order valence-corrected chi connectivity index (χ2v) is 5.13. The van der Waals surface area contributed by atoms with Crippen LogP contribution >= 0.6 is 23.4 Å². The topological polar surface area (TPSA) is 26.3 Å². The minimum Gasteiger partial charge on any atom is -0.497 e. The van der Waals surface area contributed by atoms with E-state index in [4.69, 9.17) is 16.3 Å². The fourth-order valence-corrected chi connectivity index (χ4v) is 2.72. The lowest BCUT2D eigenvalue weighted by atomic mass is 10.2. The van der Waals surface area contributed by atoms with Gasteiger partial charge in [0.15, 0.2) is 6.29 Å². The predicted molar refractivity (Wildman–Crippen MR) is 74.0 cm³/mol. The molecule has 4 heteroatoms. The minimum absolute atomic E-state index is 0.617. The fraction of sp³-hybridized carbons (Fsp3) is 0.0714. The van der Waals surface area contributed by atoms with Crippen molar-refractivity contribution in [2.75, 3.05) is 7.11 Å². The van der Waals surface area contributed by atoms with Crippen molar-refractivity contribution in [2.45, 2.75) is 9.79 Å². The summed E-state index contributed by atoms with van der Waals surface area (Å²) in [5.74, 6) is 0.787. The zero-order chi connectivity index (χ0) is 13.0. The number of hydrogen-bond donors (Lipinski definition) is 0. The molecule has 0 heterocycles. The van der Waals surface area contributed by atoms with Crippen molar-refractivity contribution < 1.29 is 9.53 Å². The lowest BCUT2D eigenvalue weighted by molar-refractivity contribution is 0.112. The Hall–Kier alpha value is -1.45. The number of carbonyl (C=O) groups excluding carboxylic acids is 1. The van der Waals surface area contributed by atoms with Gasteiger partial charge >= 0.3 is 0 Å². The average molecular weight is 279 g/mol. The van der Waals surface area contributed by atoms with Crippen molar-refractivity contribution in [2.24, 2.45) is 0 Å². The van der Waals surface area contributed by atoms with Crippen LogP contribution < -0.4 is 4.74 Å². The number of carbonyl (C=O) groups is 1. The Morgan fingerprint density at radius 2 is 2.06 bits per heavy atom. The van der Waals surface area contributed by atoms with Gasteiger partial charge in [0.1, 0.15) is 5.75 Å². The van der Waals surface area contributed by atoms with Crippen molar-refractivity contribution in [3.63, 3.8) is 0 Å². The van der Waals surface area contributed by atoms with E-state index in [0.29, 0.717) is 10.6 Å². The first-order valence-corrected chi connectivity index (χ1v) is 6.49. The molecule has 0 unspecified atom stereocenters. The molecular formula is C14H11ClO2S. The molecule has 18 heavy (non-hydrogen) atoms. The molecule has 2 rings (SSSR count). The highest BCUT2D eigenvalue weighted by atomic mass is 35.5. The average Bonchev–Trinajstić information content (AvgIpc) is 2.39. The Bertz CT molecular complexity index is 569. The molecule has 0 amide bonds. The van der Waals surface area contributed by atoms with Crippen LogP contribution in [0.25, 0.3) is 0 Å². The largest absolute Gasteiger partial charge is 0.497 e. The van der Waals surface area contributed by atoms with Crippen LogP contribution in [0.2, 0.25) is 5.02 Å². The number of ether oxygens (including phenoxy) is 1. The van der Waals surface area contributed by atoms with Crippen molar-refractivity contribution >= 4 is 29.6 Å². The molecule has 0 atom stereocenters. The van der Waals surface area contributed by atoms with Gasteiger partial charge in [0, 0.05) is 20.4 Å². The quantitative estimate of drug-likeness (QED) is 0.780. The number of rotatable bonds is 4. The van der Waals surface area contributed by atoms with E-state index >= 15 is 0 Å².